The third-order valence-corrected chi connectivity index (χ3v) is 9.41. The number of fused-ring (bicyclic) bond motifs is 2. The Kier molecular flexibility index (Phi) is 6.12. The number of nitrogens with one attached hydrogen (secondary N) is 2. The van der Waals surface area contributed by atoms with E-state index in [-0.39, 0.29) is 36.5 Å². The average Bonchev–Trinajstić information content (AvgIpc) is 3.39. The number of piperidine rings is 1. The fraction of sp³-hybridized carbons (Fsp3) is 0.565. The fourth-order valence-electron chi connectivity index (χ4n) is 5.70. The van der Waals surface area contributed by atoms with Gasteiger partial charge in [0.2, 0.25) is 11.8 Å². The summed E-state index contributed by atoms with van der Waals surface area (Å²) in [6.45, 7) is 3.47. The van der Waals surface area contributed by atoms with Crippen LogP contribution in [0.2, 0.25) is 5.02 Å². The number of methoxy groups -OCH3 is 1. The van der Waals surface area contributed by atoms with Gasteiger partial charge in [-0.2, -0.15) is 4.31 Å². The second kappa shape index (κ2) is 8.74. The lowest BCUT2D eigenvalue weighted by molar-refractivity contribution is -0.144. The molecule has 2 amide bonds. The largest absolute Gasteiger partial charge is 0.381 e. The zero-order valence-electron chi connectivity index (χ0n) is 19.8. The highest BCUT2D eigenvalue weighted by Crippen LogP contribution is 2.39. The van der Waals surface area contributed by atoms with Crippen molar-refractivity contribution in [2.24, 2.45) is 0 Å². The van der Waals surface area contributed by atoms with Gasteiger partial charge in [-0.3, -0.25) is 14.9 Å². The number of hydrogen-bond donors (Lipinski definition) is 2. The van der Waals surface area contributed by atoms with Crippen molar-refractivity contribution in [1.29, 1.82) is 0 Å². The van der Waals surface area contributed by atoms with Crippen LogP contribution in [0.3, 0.4) is 0 Å². The molecule has 1 unspecified atom stereocenters. The number of rotatable bonds is 5. The zero-order chi connectivity index (χ0) is 25.0. The molecule has 10 nitrogen and oxygen atoms in total. The Hall–Kier alpha value is -2.18. The first-order valence-electron chi connectivity index (χ1n) is 11.8. The van der Waals surface area contributed by atoms with E-state index in [2.05, 4.69) is 10.3 Å². The van der Waals surface area contributed by atoms with Crippen molar-refractivity contribution in [2.75, 3.05) is 46.4 Å². The van der Waals surface area contributed by atoms with Crippen molar-refractivity contribution in [1.82, 2.24) is 24.4 Å². The van der Waals surface area contributed by atoms with E-state index in [1.54, 1.807) is 36.3 Å². The number of carbonyl (C=O) groups excluding carboxylic acids is 2. The van der Waals surface area contributed by atoms with Crippen LogP contribution in [0.5, 0.6) is 0 Å². The molecule has 0 radical (unpaired) electrons. The van der Waals surface area contributed by atoms with Crippen molar-refractivity contribution in [2.45, 2.75) is 42.4 Å². The van der Waals surface area contributed by atoms with Crippen LogP contribution in [0.4, 0.5) is 0 Å². The minimum Gasteiger partial charge on any atom is -0.381 e. The summed E-state index contributed by atoms with van der Waals surface area (Å²) in [4.78, 5) is 32.0. The van der Waals surface area contributed by atoms with Crippen molar-refractivity contribution in [3.63, 3.8) is 0 Å². The van der Waals surface area contributed by atoms with Crippen LogP contribution in [-0.2, 0) is 24.3 Å². The fourth-order valence-corrected chi connectivity index (χ4v) is 7.34. The number of sulfonamides is 1. The summed E-state index contributed by atoms with van der Waals surface area (Å²) in [5, 5.41) is 4.83. The van der Waals surface area contributed by atoms with E-state index in [0.29, 0.717) is 54.8 Å². The smallest absolute Gasteiger partial charge is 0.259 e. The predicted octanol–water partition coefficient (Wildman–Crippen LogP) is 1.37. The van der Waals surface area contributed by atoms with Gasteiger partial charge in [0.25, 0.3) is 10.0 Å². The Morgan fingerprint density at radius 3 is 2.63 bits per heavy atom. The summed E-state index contributed by atoms with van der Waals surface area (Å²) >= 11 is 6.06. The van der Waals surface area contributed by atoms with E-state index in [0.717, 1.165) is 0 Å². The second-order valence-corrected chi connectivity index (χ2v) is 12.1. The molecular formula is C23H30ClN5O5S. The van der Waals surface area contributed by atoms with E-state index >= 15 is 0 Å². The van der Waals surface area contributed by atoms with E-state index < -0.39 is 21.2 Å². The summed E-state index contributed by atoms with van der Waals surface area (Å²) < 4.78 is 34.0. The molecular weight excluding hydrogens is 494 g/mol. The summed E-state index contributed by atoms with van der Waals surface area (Å²) in [7, 11) is -2.45. The molecule has 0 saturated carbocycles. The number of ether oxygens (including phenoxy) is 1. The van der Waals surface area contributed by atoms with E-state index in [9.17, 15) is 18.0 Å². The number of benzene rings is 1. The molecule has 3 fully saturated rings. The van der Waals surface area contributed by atoms with Crippen LogP contribution in [0.25, 0.3) is 10.9 Å². The molecule has 1 atom stereocenters. The minimum absolute atomic E-state index is 0.0164. The Balaban J connectivity index is 1.43. The molecule has 1 aromatic heterocycles. The monoisotopic (exact) mass is 523 g/mol. The first-order chi connectivity index (χ1) is 16.6. The molecule has 1 spiro atoms. The van der Waals surface area contributed by atoms with E-state index in [1.165, 1.54) is 4.31 Å². The Morgan fingerprint density at radius 2 is 1.94 bits per heavy atom. The molecule has 1 aromatic carbocycles. The van der Waals surface area contributed by atoms with Crippen LogP contribution >= 0.6 is 11.6 Å². The number of aromatic amines is 1. The lowest BCUT2D eigenvalue weighted by atomic mass is 9.88. The zero-order valence-corrected chi connectivity index (χ0v) is 21.4. The summed E-state index contributed by atoms with van der Waals surface area (Å²) in [6, 6.07) is 6.65. The Morgan fingerprint density at radius 1 is 1.20 bits per heavy atom. The molecule has 0 aliphatic carbocycles. The number of H-pyrrole nitrogens is 1. The summed E-state index contributed by atoms with van der Waals surface area (Å²) in [5.74, 6) is -0.150. The van der Waals surface area contributed by atoms with Gasteiger partial charge >= 0.3 is 0 Å². The second-order valence-electron chi connectivity index (χ2n) is 9.72. The summed E-state index contributed by atoms with van der Waals surface area (Å²) in [6.07, 6.45) is 1.83. The maximum Gasteiger partial charge on any atom is 0.259 e. The van der Waals surface area contributed by atoms with Crippen molar-refractivity contribution < 1.29 is 22.7 Å². The van der Waals surface area contributed by atoms with Crippen molar-refractivity contribution in [3.05, 3.63) is 29.3 Å². The van der Waals surface area contributed by atoms with Gasteiger partial charge in [0.15, 0.2) is 0 Å². The maximum atomic E-state index is 13.6. The highest BCUT2D eigenvalue weighted by atomic mass is 35.5. The number of carbonyl (C=O) groups is 2. The molecule has 35 heavy (non-hydrogen) atoms. The topological polar surface area (TPSA) is 115 Å². The average molecular weight is 524 g/mol. The third-order valence-electron chi connectivity index (χ3n) is 7.46. The van der Waals surface area contributed by atoms with Crippen LogP contribution < -0.4 is 5.32 Å². The number of hydrogen-bond acceptors (Lipinski definition) is 6. The van der Waals surface area contributed by atoms with Gasteiger partial charge in [-0.05, 0) is 37.1 Å². The number of halogens is 1. The van der Waals surface area contributed by atoms with Crippen LogP contribution in [0.15, 0.2) is 29.3 Å². The SMILES string of the molecule is CCC(=O)N1CCC2(CC1)CN1C(=O)CN(S(=O)(=O)c3cc4cc(Cl)ccc4[nH]3)CC1(COC)N2. The summed E-state index contributed by atoms with van der Waals surface area (Å²) in [5.41, 5.74) is -0.726. The van der Waals surface area contributed by atoms with Gasteiger partial charge in [-0.25, -0.2) is 8.42 Å². The van der Waals surface area contributed by atoms with E-state index in [4.69, 9.17) is 16.3 Å². The number of amides is 2. The molecule has 3 aliphatic rings. The third kappa shape index (κ3) is 4.13. The molecule has 2 N–H and O–H groups in total. The number of likely N-dealkylation sites (tertiary alicyclic amines) is 1. The van der Waals surface area contributed by atoms with Gasteiger partial charge in [-0.1, -0.05) is 18.5 Å². The molecule has 2 aromatic rings. The molecule has 5 rings (SSSR count). The molecule has 3 saturated heterocycles. The van der Waals surface area contributed by atoms with Gasteiger partial charge in [0.05, 0.1) is 19.7 Å². The number of aromatic nitrogens is 1. The predicted molar refractivity (Wildman–Crippen MR) is 130 cm³/mol. The van der Waals surface area contributed by atoms with Gasteiger partial charge in [0.1, 0.15) is 10.7 Å². The first-order valence-corrected chi connectivity index (χ1v) is 13.6. The molecule has 3 aliphatic heterocycles. The van der Waals surface area contributed by atoms with Crippen LogP contribution in [0.1, 0.15) is 26.2 Å². The highest BCUT2D eigenvalue weighted by Gasteiger charge is 2.59. The molecule has 12 heteroatoms. The highest BCUT2D eigenvalue weighted by molar-refractivity contribution is 7.89. The minimum atomic E-state index is -3.99. The quantitative estimate of drug-likeness (QED) is 0.611. The first kappa shape index (κ1) is 24.5. The maximum absolute atomic E-state index is 13.6. The number of nitrogens with zero attached hydrogens (tertiary/aromatic N) is 3. The number of piperazine rings is 1. The normalized spacial score (nSPS) is 24.9. The van der Waals surface area contributed by atoms with Gasteiger partial charge in [-0.15, -0.1) is 0 Å². The Labute approximate surface area is 209 Å². The van der Waals surface area contributed by atoms with Crippen molar-refractivity contribution >= 4 is 44.3 Å². The standard InChI is InChI=1S/C23H30ClN5O5S/c1-3-20(30)27-8-6-22(7-9-27)13-29-21(31)12-28(14-23(29,26-22)15-34-2)35(32,33)19-11-16-10-17(24)4-5-18(16)25-19/h4-5,10-11,25-26H,3,6-9,12-15H2,1-2H3. The Bertz CT molecular complexity index is 1270. The lowest BCUT2D eigenvalue weighted by Crippen LogP contribution is -2.70. The lowest BCUT2D eigenvalue weighted by Gasteiger charge is -2.45. The molecule has 0 bridgehead atoms. The van der Waals surface area contributed by atoms with Crippen molar-refractivity contribution in [3.8, 4) is 0 Å². The van der Waals surface area contributed by atoms with E-state index in [1.807, 2.05) is 11.8 Å². The van der Waals surface area contributed by atoms with Crippen LogP contribution in [-0.4, -0.2) is 97.0 Å². The van der Waals surface area contributed by atoms with Crippen LogP contribution in [0, 0.1) is 0 Å². The molecule has 190 valence electrons. The van der Waals surface area contributed by atoms with Gasteiger partial charge in [0, 0.05) is 54.6 Å². The molecule has 4 heterocycles. The van der Waals surface area contributed by atoms with Gasteiger partial charge < -0.3 is 19.5 Å².